The first-order chi connectivity index (χ1) is 14.6. The molecule has 1 saturated heterocycles. The largest absolute Gasteiger partial charge is 0.433 e. The smallest absolute Gasteiger partial charge is 0.364 e. The molecule has 158 valence electrons. The summed E-state index contributed by atoms with van der Waals surface area (Å²) in [4.78, 5) is 33.3. The maximum Gasteiger partial charge on any atom is 0.433 e. The molecule has 4 rings (SSSR count). The van der Waals surface area contributed by atoms with E-state index in [4.69, 9.17) is 5.73 Å². The number of hydrogen-bond donors (Lipinski definition) is 1. The van der Waals surface area contributed by atoms with Gasteiger partial charge in [0.25, 0.3) is 5.91 Å². The van der Waals surface area contributed by atoms with E-state index in [1.54, 1.807) is 36.2 Å². The molecule has 10 heteroatoms. The number of alkyl halides is 3. The lowest BCUT2D eigenvalue weighted by Gasteiger charge is -2.10. The quantitative estimate of drug-likeness (QED) is 0.636. The second-order valence-electron chi connectivity index (χ2n) is 7.13. The molecular weight excluding hydrogens is 411 g/mol. The molecule has 1 aliphatic heterocycles. The Kier molecular flexibility index (Phi) is 4.89. The average Bonchev–Trinajstić information content (AvgIpc) is 3.29. The van der Waals surface area contributed by atoms with Crippen molar-refractivity contribution >= 4 is 17.5 Å². The number of nitrogens with two attached hydrogens (primary N) is 1. The van der Waals surface area contributed by atoms with Crippen LogP contribution in [0.5, 0.6) is 0 Å². The first-order valence-corrected chi connectivity index (χ1v) is 9.27. The summed E-state index contributed by atoms with van der Waals surface area (Å²) in [6.07, 6.45) is -2.44. The number of primary amides is 1. The number of likely N-dealkylation sites (tertiary alicyclic amines) is 1. The van der Waals surface area contributed by atoms with Gasteiger partial charge in [-0.05, 0) is 18.6 Å². The molecule has 0 radical (unpaired) electrons. The highest BCUT2D eigenvalue weighted by Crippen LogP contribution is 2.32. The monoisotopic (exact) mass is 427 g/mol. The Morgan fingerprint density at radius 2 is 2.10 bits per heavy atom. The average molecular weight is 427 g/mol. The normalized spacial score (nSPS) is 16.5. The molecule has 0 aliphatic carbocycles. The number of carbonyl (C=O) groups is 2. The van der Waals surface area contributed by atoms with Gasteiger partial charge in [0.15, 0.2) is 5.65 Å². The van der Waals surface area contributed by atoms with Crippen molar-refractivity contribution in [2.45, 2.75) is 12.6 Å². The van der Waals surface area contributed by atoms with Gasteiger partial charge in [0.05, 0.1) is 6.20 Å². The van der Waals surface area contributed by atoms with Crippen LogP contribution in [-0.4, -0.2) is 44.7 Å². The van der Waals surface area contributed by atoms with Gasteiger partial charge in [0, 0.05) is 30.9 Å². The first-order valence-electron chi connectivity index (χ1n) is 9.27. The fourth-order valence-corrected chi connectivity index (χ4v) is 3.38. The van der Waals surface area contributed by atoms with Crippen LogP contribution in [-0.2, 0) is 11.0 Å². The van der Waals surface area contributed by atoms with E-state index in [1.807, 2.05) is 0 Å². The van der Waals surface area contributed by atoms with Crippen molar-refractivity contribution in [1.82, 2.24) is 19.3 Å². The van der Waals surface area contributed by atoms with Crippen LogP contribution >= 0.6 is 0 Å². The number of rotatable bonds is 2. The van der Waals surface area contributed by atoms with Gasteiger partial charge in [0.1, 0.15) is 23.0 Å². The molecule has 0 bridgehead atoms. The highest BCUT2D eigenvalue weighted by molar-refractivity contribution is 5.92. The molecule has 2 aromatic heterocycles. The molecule has 1 aromatic carbocycles. The molecule has 0 saturated carbocycles. The van der Waals surface area contributed by atoms with E-state index >= 15 is 0 Å². The number of carbonyl (C=O) groups excluding carboxylic acids is 2. The molecule has 1 aliphatic rings. The summed E-state index contributed by atoms with van der Waals surface area (Å²) in [5, 5.41) is 0. The molecule has 2 amide bonds. The van der Waals surface area contributed by atoms with Crippen molar-refractivity contribution in [3.8, 4) is 23.1 Å². The van der Waals surface area contributed by atoms with Crippen molar-refractivity contribution in [1.29, 1.82) is 0 Å². The topological polar surface area (TPSA) is 93.6 Å². The van der Waals surface area contributed by atoms with Crippen molar-refractivity contribution < 1.29 is 22.8 Å². The van der Waals surface area contributed by atoms with Crippen molar-refractivity contribution in [3.05, 3.63) is 53.6 Å². The lowest BCUT2D eigenvalue weighted by Crippen LogP contribution is -2.21. The molecule has 1 atom stereocenters. The van der Waals surface area contributed by atoms with Crippen LogP contribution in [0.15, 0.2) is 36.7 Å². The van der Waals surface area contributed by atoms with Gasteiger partial charge in [-0.25, -0.2) is 9.97 Å². The van der Waals surface area contributed by atoms with Crippen LogP contribution in [0.3, 0.4) is 0 Å². The van der Waals surface area contributed by atoms with Crippen LogP contribution < -0.4 is 5.73 Å². The number of imidazole rings is 1. The maximum atomic E-state index is 13.3. The third-order valence-corrected chi connectivity index (χ3v) is 4.99. The third kappa shape index (κ3) is 3.82. The summed E-state index contributed by atoms with van der Waals surface area (Å²) in [7, 11) is 1.72. The second-order valence-corrected chi connectivity index (χ2v) is 7.13. The molecule has 0 spiro atoms. The van der Waals surface area contributed by atoms with E-state index in [0.717, 1.165) is 10.6 Å². The van der Waals surface area contributed by atoms with Gasteiger partial charge in [-0.2, -0.15) is 13.2 Å². The molecule has 2 N–H and O–H groups in total. The van der Waals surface area contributed by atoms with Gasteiger partial charge >= 0.3 is 6.18 Å². The van der Waals surface area contributed by atoms with E-state index in [1.165, 1.54) is 0 Å². The zero-order valence-electron chi connectivity index (χ0n) is 16.3. The Morgan fingerprint density at radius 3 is 2.74 bits per heavy atom. The lowest BCUT2D eigenvalue weighted by molar-refractivity contribution is -0.141. The highest BCUT2D eigenvalue weighted by atomic mass is 19.4. The zero-order chi connectivity index (χ0) is 22.3. The van der Waals surface area contributed by atoms with E-state index in [2.05, 4.69) is 21.8 Å². The van der Waals surface area contributed by atoms with Crippen molar-refractivity contribution in [3.63, 3.8) is 0 Å². The Morgan fingerprint density at radius 1 is 1.32 bits per heavy atom. The number of nitrogens with zero attached hydrogens (tertiary/aromatic N) is 4. The predicted octanol–water partition coefficient (Wildman–Crippen LogP) is 2.34. The molecule has 1 fully saturated rings. The second kappa shape index (κ2) is 7.43. The van der Waals surface area contributed by atoms with Gasteiger partial charge < -0.3 is 10.6 Å². The minimum Gasteiger partial charge on any atom is -0.364 e. The molecular formula is C21H16F3N5O2. The number of hydrogen-bond acceptors (Lipinski definition) is 4. The number of fused-ring (bicyclic) bond motifs is 1. The zero-order valence-corrected chi connectivity index (χ0v) is 16.3. The van der Waals surface area contributed by atoms with Crippen molar-refractivity contribution in [2.75, 3.05) is 13.6 Å². The third-order valence-electron chi connectivity index (χ3n) is 4.99. The number of halogens is 3. The van der Waals surface area contributed by atoms with Gasteiger partial charge in [-0.1, -0.05) is 24.0 Å². The van der Waals surface area contributed by atoms with Crippen molar-refractivity contribution in [2.24, 2.45) is 11.7 Å². The van der Waals surface area contributed by atoms with Gasteiger partial charge in [-0.15, -0.1) is 0 Å². The predicted molar refractivity (Wildman–Crippen MR) is 105 cm³/mol. The lowest BCUT2D eigenvalue weighted by atomic mass is 10.1. The summed E-state index contributed by atoms with van der Waals surface area (Å²) in [6, 6.07) is 6.60. The highest BCUT2D eigenvalue weighted by Gasteiger charge is 2.35. The molecule has 3 aromatic rings. The van der Waals surface area contributed by atoms with Crippen LogP contribution in [0.1, 0.15) is 28.2 Å². The summed E-state index contributed by atoms with van der Waals surface area (Å²) in [6.45, 7) is 0.640. The minimum atomic E-state index is -4.68. The van der Waals surface area contributed by atoms with E-state index in [9.17, 15) is 22.8 Å². The number of amides is 2. The Balaban J connectivity index is 1.81. The molecule has 31 heavy (non-hydrogen) atoms. The molecule has 0 unspecified atom stereocenters. The van der Waals surface area contributed by atoms with E-state index in [-0.39, 0.29) is 22.9 Å². The summed E-state index contributed by atoms with van der Waals surface area (Å²) < 4.78 is 40.8. The van der Waals surface area contributed by atoms with E-state index in [0.29, 0.717) is 30.3 Å². The molecule has 7 nitrogen and oxygen atoms in total. The summed E-state index contributed by atoms with van der Waals surface area (Å²) in [5.74, 6) is 4.48. The standard InChI is InChI=1S/C21H16F3N5O2/c1-28-8-7-13(20(28)31)6-5-12-3-2-4-14(9-12)17-19-26-10-16(21(22,23)24)29(19)11-15(27-17)18(25)30/h2-4,9-11,13H,7-8H2,1H3,(H2,25,30)/t13-/m1/s1. The van der Waals surface area contributed by atoms with Crippen LogP contribution in [0.25, 0.3) is 16.9 Å². The van der Waals surface area contributed by atoms with E-state index < -0.39 is 23.7 Å². The van der Waals surface area contributed by atoms with Crippen LogP contribution in [0.2, 0.25) is 0 Å². The van der Waals surface area contributed by atoms with Crippen LogP contribution in [0, 0.1) is 17.8 Å². The number of aromatic nitrogens is 3. The maximum absolute atomic E-state index is 13.3. The Bertz CT molecular complexity index is 1270. The SMILES string of the molecule is CN1CC[C@@H](C#Cc2cccc(-c3nc(C(N)=O)cn4c(C(F)(F)F)cnc34)c2)C1=O. The Hall–Kier alpha value is -3.87. The summed E-state index contributed by atoms with van der Waals surface area (Å²) >= 11 is 0. The molecule has 3 heterocycles. The van der Waals surface area contributed by atoms with Gasteiger partial charge in [0.2, 0.25) is 5.91 Å². The van der Waals surface area contributed by atoms with Gasteiger partial charge in [-0.3, -0.25) is 14.0 Å². The summed E-state index contributed by atoms with van der Waals surface area (Å²) in [5.41, 5.74) is 4.84. The first kappa shape index (κ1) is 20.4. The van der Waals surface area contributed by atoms with Crippen LogP contribution in [0.4, 0.5) is 13.2 Å². The fraction of sp³-hybridized carbons (Fsp3) is 0.238. The Labute approximate surface area is 174 Å². The fourth-order valence-electron chi connectivity index (χ4n) is 3.38. The minimum absolute atomic E-state index is 0.0433. The number of benzene rings is 1.